The Balaban J connectivity index is 1.38. The molecule has 3 N–H and O–H groups in total. The van der Waals surface area contributed by atoms with E-state index in [2.05, 4.69) is 15.6 Å². The van der Waals surface area contributed by atoms with Crippen LogP contribution in [0.25, 0.3) is 0 Å². The highest BCUT2D eigenvalue weighted by atomic mass is 16.5. The first kappa shape index (κ1) is 26.6. The molecule has 0 aromatic carbocycles. The number of ether oxygens (including phenoxy) is 1. The number of carbonyl (C=O) groups is 5. The van der Waals surface area contributed by atoms with Gasteiger partial charge in [0.2, 0.25) is 11.8 Å². The van der Waals surface area contributed by atoms with Crippen molar-refractivity contribution in [3.63, 3.8) is 0 Å². The summed E-state index contributed by atoms with van der Waals surface area (Å²) >= 11 is 0. The summed E-state index contributed by atoms with van der Waals surface area (Å²) in [5.74, 6) is -2.21. The zero-order valence-electron chi connectivity index (χ0n) is 21.6. The Morgan fingerprint density at radius 1 is 1.22 bits per heavy atom. The minimum atomic E-state index is -1.24. The van der Waals surface area contributed by atoms with Gasteiger partial charge < -0.3 is 25.6 Å². The van der Waals surface area contributed by atoms with E-state index in [9.17, 15) is 24.0 Å². The number of nitrogens with one attached hydrogen (secondary N) is 1. The van der Waals surface area contributed by atoms with Crippen LogP contribution in [0.5, 0.6) is 0 Å². The van der Waals surface area contributed by atoms with Gasteiger partial charge in [0.25, 0.3) is 11.8 Å². The Hall–Kier alpha value is -3.51. The third-order valence-corrected chi connectivity index (χ3v) is 7.74. The van der Waals surface area contributed by atoms with E-state index in [1.807, 2.05) is 6.92 Å². The molecule has 3 atom stereocenters. The summed E-state index contributed by atoms with van der Waals surface area (Å²) in [5, 5.41) is 10.8. The number of esters is 1. The molecule has 4 amide bonds. The summed E-state index contributed by atoms with van der Waals surface area (Å²) in [5.41, 5.74) is 5.29. The lowest BCUT2D eigenvalue weighted by Crippen LogP contribution is -2.74. The summed E-state index contributed by atoms with van der Waals surface area (Å²) in [7, 11) is 0. The van der Waals surface area contributed by atoms with Gasteiger partial charge in [0.15, 0.2) is 5.69 Å². The number of hydrogen-bond acceptors (Lipinski definition) is 8. The van der Waals surface area contributed by atoms with Crippen LogP contribution in [-0.4, -0.2) is 91.7 Å². The van der Waals surface area contributed by atoms with Crippen molar-refractivity contribution < 1.29 is 28.7 Å². The molecule has 3 heterocycles. The smallest absolute Gasteiger partial charge is 0.302 e. The molecule has 37 heavy (non-hydrogen) atoms. The molecule has 1 aromatic heterocycles. The average molecular weight is 518 g/mol. The molecule has 3 unspecified atom stereocenters. The third kappa shape index (κ3) is 5.16. The van der Waals surface area contributed by atoms with Crippen LogP contribution in [0.4, 0.5) is 0 Å². The Morgan fingerprint density at radius 2 is 1.92 bits per heavy atom. The minimum absolute atomic E-state index is 0.195. The SMILES string of the molecule is CC(=O)OC(C)C(NC(=O)CN1CC2(CCCN2C(=O)c2nnn(CC3CCCC3)c2C)C1=O)C(N)=O. The van der Waals surface area contributed by atoms with E-state index in [1.54, 1.807) is 9.58 Å². The van der Waals surface area contributed by atoms with Gasteiger partial charge in [-0.15, -0.1) is 5.10 Å². The lowest BCUT2D eigenvalue weighted by atomic mass is 9.85. The molecule has 3 aliphatic rings. The number of likely N-dealkylation sites (tertiary alicyclic amines) is 2. The predicted molar refractivity (Wildman–Crippen MR) is 129 cm³/mol. The Kier molecular flexibility index (Phi) is 7.51. The van der Waals surface area contributed by atoms with Crippen molar-refractivity contribution in [3.8, 4) is 0 Å². The van der Waals surface area contributed by atoms with Crippen LogP contribution in [0, 0.1) is 12.8 Å². The number of amides is 4. The maximum Gasteiger partial charge on any atom is 0.302 e. The zero-order chi connectivity index (χ0) is 26.9. The second kappa shape index (κ2) is 10.5. The van der Waals surface area contributed by atoms with Gasteiger partial charge in [-0.2, -0.15) is 0 Å². The van der Waals surface area contributed by atoms with E-state index >= 15 is 0 Å². The number of hydrogen-bond donors (Lipinski definition) is 2. The fourth-order valence-electron chi connectivity index (χ4n) is 5.79. The number of aromatic nitrogens is 3. The first-order valence-corrected chi connectivity index (χ1v) is 12.8. The molecule has 13 heteroatoms. The zero-order valence-corrected chi connectivity index (χ0v) is 21.6. The van der Waals surface area contributed by atoms with Crippen LogP contribution in [0.3, 0.4) is 0 Å². The summed E-state index contributed by atoms with van der Waals surface area (Å²) < 4.78 is 6.74. The highest BCUT2D eigenvalue weighted by Crippen LogP contribution is 2.39. The summed E-state index contributed by atoms with van der Waals surface area (Å²) in [4.78, 5) is 65.1. The molecular formula is C24H35N7O6. The van der Waals surface area contributed by atoms with Gasteiger partial charge in [0, 0.05) is 20.0 Å². The maximum atomic E-state index is 13.5. The van der Waals surface area contributed by atoms with Gasteiger partial charge in [0.1, 0.15) is 17.7 Å². The first-order valence-electron chi connectivity index (χ1n) is 12.8. The van der Waals surface area contributed by atoms with Crippen LogP contribution >= 0.6 is 0 Å². The van der Waals surface area contributed by atoms with Gasteiger partial charge >= 0.3 is 5.97 Å². The topological polar surface area (TPSA) is 170 Å². The molecule has 0 radical (unpaired) electrons. The van der Waals surface area contributed by atoms with Crippen LogP contribution in [-0.2, 0) is 30.5 Å². The average Bonchev–Trinajstić information content (AvgIpc) is 3.58. The van der Waals surface area contributed by atoms with Gasteiger partial charge in [0.05, 0.1) is 18.8 Å². The number of nitrogens with zero attached hydrogens (tertiary/aromatic N) is 5. The molecule has 13 nitrogen and oxygen atoms in total. The number of rotatable bonds is 9. The summed E-state index contributed by atoms with van der Waals surface area (Å²) in [6.07, 6.45) is 4.92. The molecule has 2 saturated heterocycles. The van der Waals surface area contributed by atoms with Crippen LogP contribution in [0.2, 0.25) is 0 Å². The lowest BCUT2D eigenvalue weighted by Gasteiger charge is -2.50. The van der Waals surface area contributed by atoms with E-state index < -0.39 is 35.5 Å². The van der Waals surface area contributed by atoms with Gasteiger partial charge in [-0.25, -0.2) is 4.68 Å². The standard InChI is InChI=1S/C24H35N7O6/c1-14-19(27-28-31(14)11-17-7-4-5-8-17)22(35)30-10-6-9-24(30)13-29(23(24)36)12-18(33)26-20(21(25)34)15(2)37-16(3)32/h15,17,20H,4-13H2,1-3H3,(H2,25,34)(H,26,33). The van der Waals surface area contributed by atoms with E-state index in [4.69, 9.17) is 10.5 Å². The molecule has 2 aliphatic heterocycles. The lowest BCUT2D eigenvalue weighted by molar-refractivity contribution is -0.161. The second-order valence-electron chi connectivity index (χ2n) is 10.4. The van der Waals surface area contributed by atoms with Crippen molar-refractivity contribution in [1.82, 2.24) is 30.1 Å². The number of primary amides is 1. The predicted octanol–water partition coefficient (Wildman–Crippen LogP) is -0.485. The van der Waals surface area contributed by atoms with Gasteiger partial charge in [-0.1, -0.05) is 18.1 Å². The fourth-order valence-corrected chi connectivity index (χ4v) is 5.79. The Morgan fingerprint density at radius 3 is 2.54 bits per heavy atom. The maximum absolute atomic E-state index is 13.5. The Labute approximate surface area is 215 Å². The molecular weight excluding hydrogens is 482 g/mol. The molecule has 1 aromatic rings. The monoisotopic (exact) mass is 517 g/mol. The summed E-state index contributed by atoms with van der Waals surface area (Å²) in [6, 6.07) is -1.24. The summed E-state index contributed by atoms with van der Waals surface area (Å²) in [6.45, 7) is 5.49. The number of nitrogens with two attached hydrogens (primary N) is 1. The molecule has 1 aliphatic carbocycles. The van der Waals surface area contributed by atoms with Crippen molar-refractivity contribution in [1.29, 1.82) is 0 Å². The van der Waals surface area contributed by atoms with Crippen LogP contribution < -0.4 is 11.1 Å². The molecule has 0 bridgehead atoms. The van der Waals surface area contributed by atoms with E-state index in [0.717, 1.165) is 19.4 Å². The first-order chi connectivity index (χ1) is 17.5. The van der Waals surface area contributed by atoms with Gasteiger partial charge in [-0.3, -0.25) is 24.0 Å². The quantitative estimate of drug-likeness (QED) is 0.327. The van der Waals surface area contributed by atoms with E-state index in [1.165, 1.54) is 31.6 Å². The van der Waals surface area contributed by atoms with Crippen molar-refractivity contribution in [3.05, 3.63) is 11.4 Å². The molecule has 4 rings (SSSR count). The minimum Gasteiger partial charge on any atom is -0.460 e. The van der Waals surface area contributed by atoms with E-state index in [0.29, 0.717) is 31.0 Å². The molecule has 1 saturated carbocycles. The van der Waals surface area contributed by atoms with Crippen molar-refractivity contribution in [2.75, 3.05) is 19.6 Å². The molecule has 202 valence electrons. The van der Waals surface area contributed by atoms with Crippen molar-refractivity contribution >= 4 is 29.6 Å². The third-order valence-electron chi connectivity index (χ3n) is 7.74. The second-order valence-corrected chi connectivity index (χ2v) is 10.4. The fraction of sp³-hybridized carbons (Fsp3) is 0.708. The highest BCUT2D eigenvalue weighted by molar-refractivity contribution is 6.03. The number of carbonyl (C=O) groups excluding carboxylic acids is 5. The van der Waals surface area contributed by atoms with E-state index in [-0.39, 0.29) is 30.6 Å². The van der Waals surface area contributed by atoms with Gasteiger partial charge in [-0.05, 0) is 45.4 Å². The van der Waals surface area contributed by atoms with Crippen LogP contribution in [0.15, 0.2) is 0 Å². The van der Waals surface area contributed by atoms with Crippen molar-refractivity contribution in [2.24, 2.45) is 11.7 Å². The largest absolute Gasteiger partial charge is 0.460 e. The highest BCUT2D eigenvalue weighted by Gasteiger charge is 2.60. The molecule has 1 spiro atoms. The van der Waals surface area contributed by atoms with Crippen LogP contribution in [0.1, 0.15) is 68.6 Å². The molecule has 3 fully saturated rings. The number of β-lactam (4-membered cyclic amide) rings is 1. The Bertz CT molecular complexity index is 1100. The van der Waals surface area contributed by atoms with Crippen molar-refractivity contribution in [2.45, 2.75) is 83.5 Å². The normalized spacial score (nSPS) is 23.2.